The van der Waals surface area contributed by atoms with Crippen LogP contribution in [0.3, 0.4) is 0 Å². The van der Waals surface area contributed by atoms with Crippen LogP contribution in [-0.4, -0.2) is 83.9 Å². The van der Waals surface area contributed by atoms with Gasteiger partial charge in [-0.25, -0.2) is 9.97 Å². The molecule has 18 heteroatoms. The van der Waals surface area contributed by atoms with Gasteiger partial charge in [-0.3, -0.25) is 14.4 Å². The molecule has 0 saturated carbocycles. The second-order valence-corrected chi connectivity index (χ2v) is 12.9. The van der Waals surface area contributed by atoms with E-state index in [1.807, 2.05) is 11.8 Å². The normalized spacial score (nSPS) is 15.0. The van der Waals surface area contributed by atoms with Gasteiger partial charge in [0.25, 0.3) is 11.5 Å². The summed E-state index contributed by atoms with van der Waals surface area (Å²) < 4.78 is 54.4. The maximum Gasteiger partial charge on any atom is 0.416 e. The number of aromatic nitrogens is 6. The molecule has 3 aromatic heterocycles. The number of nitrogens with zero attached hydrogens (tertiary/aromatic N) is 8. The van der Waals surface area contributed by atoms with Crippen molar-refractivity contribution in [1.29, 1.82) is 0 Å². The molecular weight excluding hydrogens is 699 g/mol. The molecule has 2 aliphatic heterocycles. The molecule has 274 valence electrons. The maximum atomic E-state index is 14.3. The van der Waals surface area contributed by atoms with E-state index in [4.69, 9.17) is 14.5 Å². The summed E-state index contributed by atoms with van der Waals surface area (Å²) in [5.41, 5.74) is 1.16. The van der Waals surface area contributed by atoms with Crippen LogP contribution in [0.5, 0.6) is 17.2 Å². The van der Waals surface area contributed by atoms with Crippen molar-refractivity contribution in [3.63, 3.8) is 0 Å². The van der Waals surface area contributed by atoms with Crippen molar-refractivity contribution in [2.45, 2.75) is 45.8 Å². The van der Waals surface area contributed by atoms with Crippen LogP contribution in [0.25, 0.3) is 17.2 Å². The highest BCUT2D eigenvalue weighted by atomic mass is 19.4. The van der Waals surface area contributed by atoms with Crippen LogP contribution in [0.15, 0.2) is 41.5 Å². The van der Waals surface area contributed by atoms with Gasteiger partial charge >= 0.3 is 6.18 Å². The summed E-state index contributed by atoms with van der Waals surface area (Å²) >= 11 is 0. The van der Waals surface area contributed by atoms with Gasteiger partial charge in [-0.15, -0.1) is 5.10 Å². The molecule has 0 unspecified atom stereocenters. The van der Waals surface area contributed by atoms with Crippen molar-refractivity contribution in [2.24, 2.45) is 0 Å². The number of fused-ring (bicyclic) bond motifs is 3. The number of aryl methyl sites for hydroxylation is 1. The number of carbonyl (C=O) groups excluding carboxylic acids is 2. The number of carbonyl (C=O) groups is 2. The Hall–Kier alpha value is -6.20. The van der Waals surface area contributed by atoms with Gasteiger partial charge in [0.1, 0.15) is 18.6 Å². The molecule has 5 aromatic rings. The molecule has 53 heavy (non-hydrogen) atoms. The van der Waals surface area contributed by atoms with Gasteiger partial charge in [0, 0.05) is 37.4 Å². The fraction of sp³-hybridized carbons (Fsp3) is 0.343. The van der Waals surface area contributed by atoms with Crippen LogP contribution in [0.4, 0.5) is 24.5 Å². The molecule has 1 saturated heterocycles. The molecule has 8 rings (SSSR count). The number of anilines is 2. The fourth-order valence-corrected chi connectivity index (χ4v) is 7.05. The molecule has 5 heterocycles. The lowest BCUT2D eigenvalue weighted by molar-refractivity contribution is -0.138. The zero-order chi connectivity index (χ0) is 37.2. The Morgan fingerprint density at radius 2 is 1.75 bits per heavy atom. The summed E-state index contributed by atoms with van der Waals surface area (Å²) in [4.78, 5) is 57.3. The first-order chi connectivity index (χ1) is 25.4. The third kappa shape index (κ3) is 5.83. The van der Waals surface area contributed by atoms with E-state index >= 15 is 0 Å². The van der Waals surface area contributed by atoms with Crippen molar-refractivity contribution in [3.05, 3.63) is 80.8 Å². The maximum absolute atomic E-state index is 14.3. The highest BCUT2D eigenvalue weighted by Gasteiger charge is 2.37. The minimum atomic E-state index is -4.50. The van der Waals surface area contributed by atoms with Crippen molar-refractivity contribution in [1.82, 2.24) is 34.0 Å². The number of amides is 2. The second kappa shape index (κ2) is 12.8. The van der Waals surface area contributed by atoms with Crippen molar-refractivity contribution >= 4 is 29.0 Å². The zero-order valence-electron chi connectivity index (χ0n) is 28.5. The molecule has 15 nitrogen and oxygen atoms in total. The topological polar surface area (TPSA) is 169 Å². The predicted octanol–water partition coefficient (Wildman–Crippen LogP) is 3.37. The van der Waals surface area contributed by atoms with E-state index in [2.05, 4.69) is 20.4 Å². The van der Waals surface area contributed by atoms with Crippen LogP contribution in [0.1, 0.15) is 45.5 Å². The average Bonchev–Trinajstić information content (AvgIpc) is 3.78. The van der Waals surface area contributed by atoms with Gasteiger partial charge < -0.3 is 34.3 Å². The third-order valence-corrected chi connectivity index (χ3v) is 9.82. The molecular formula is C35H32F3N9O6. The van der Waals surface area contributed by atoms with E-state index in [0.717, 1.165) is 10.6 Å². The SMILES string of the molecule is CCc1c(N2CCN(C(=O)c3ncnc(C)c3O)CC2)c(=O)n2nc(-c3ccc4c(c3)OCO4)nc2n1CC(=O)Nc1ccc(C(F)(F)F)c2c1CC2. The van der Waals surface area contributed by atoms with Crippen molar-refractivity contribution < 1.29 is 37.3 Å². The molecule has 1 aliphatic carbocycles. The highest BCUT2D eigenvalue weighted by molar-refractivity contribution is 5.95. The van der Waals surface area contributed by atoms with E-state index in [-0.39, 0.29) is 85.9 Å². The first-order valence-electron chi connectivity index (χ1n) is 16.9. The standard InChI is InChI=1S/C35H32F3N9O6/c1-3-24-29(44-10-12-45(13-11-44)32(50)28-30(49)18(2)39-16-40-28)33(51)47-34(42-31(43-47)19-4-9-25-26(14-19)53-17-52-25)46(24)15-27(48)41-23-8-7-22(35(36,37)38)20-5-6-21(20)23/h4,7-9,14,16,49H,3,5-6,10-13,15,17H2,1-2H3,(H,41,48). The minimum Gasteiger partial charge on any atom is -0.504 e. The van der Waals surface area contributed by atoms with E-state index < -0.39 is 29.1 Å². The Kier molecular flexibility index (Phi) is 8.18. The van der Waals surface area contributed by atoms with Gasteiger partial charge in [-0.05, 0) is 67.6 Å². The van der Waals surface area contributed by atoms with Gasteiger partial charge in [0.2, 0.25) is 18.5 Å². The smallest absolute Gasteiger partial charge is 0.416 e. The number of hydrogen-bond acceptors (Lipinski definition) is 11. The summed E-state index contributed by atoms with van der Waals surface area (Å²) in [7, 11) is 0. The van der Waals surface area contributed by atoms with Crippen LogP contribution in [0.2, 0.25) is 0 Å². The number of nitrogens with one attached hydrogen (secondary N) is 1. The molecule has 0 bridgehead atoms. The van der Waals surface area contributed by atoms with Gasteiger partial charge in [-0.1, -0.05) is 6.92 Å². The van der Waals surface area contributed by atoms with Crippen molar-refractivity contribution in [3.8, 4) is 28.6 Å². The molecule has 0 radical (unpaired) electrons. The summed E-state index contributed by atoms with van der Waals surface area (Å²) in [5, 5.41) is 17.8. The Labute approximate surface area is 298 Å². The first-order valence-corrected chi connectivity index (χ1v) is 16.9. The monoisotopic (exact) mass is 731 g/mol. The molecule has 0 spiro atoms. The number of hydrogen-bond donors (Lipinski definition) is 2. The Bertz CT molecular complexity index is 2380. The zero-order valence-corrected chi connectivity index (χ0v) is 28.5. The number of piperazine rings is 1. The van der Waals surface area contributed by atoms with Gasteiger partial charge in [0.05, 0.1) is 17.0 Å². The molecule has 1 fully saturated rings. The second-order valence-electron chi connectivity index (χ2n) is 12.9. The quantitative estimate of drug-likeness (QED) is 0.252. The Morgan fingerprint density at radius 3 is 2.47 bits per heavy atom. The lowest BCUT2D eigenvalue weighted by atomic mass is 9.83. The van der Waals surface area contributed by atoms with Crippen LogP contribution in [0, 0.1) is 6.92 Å². The molecule has 3 aliphatic rings. The third-order valence-electron chi connectivity index (χ3n) is 9.82. The molecule has 2 amide bonds. The number of benzene rings is 2. The summed E-state index contributed by atoms with van der Waals surface area (Å²) in [6, 6.07) is 7.37. The van der Waals surface area contributed by atoms with Crippen LogP contribution >= 0.6 is 0 Å². The summed E-state index contributed by atoms with van der Waals surface area (Å²) in [5.74, 6) is -0.00207. The Balaban J connectivity index is 1.15. The van der Waals surface area contributed by atoms with E-state index in [9.17, 15) is 32.7 Å². The van der Waals surface area contributed by atoms with E-state index in [0.29, 0.717) is 46.8 Å². The largest absolute Gasteiger partial charge is 0.504 e. The first kappa shape index (κ1) is 33.9. The minimum absolute atomic E-state index is 0.0568. The lowest BCUT2D eigenvalue weighted by Crippen LogP contribution is -2.51. The van der Waals surface area contributed by atoms with Gasteiger partial charge in [0.15, 0.2) is 28.8 Å². The average molecular weight is 732 g/mol. The van der Waals surface area contributed by atoms with Crippen LogP contribution < -0.4 is 25.2 Å². The van der Waals surface area contributed by atoms with Crippen molar-refractivity contribution in [2.75, 3.05) is 43.2 Å². The number of alkyl halides is 3. The van der Waals surface area contributed by atoms with E-state index in [1.165, 1.54) is 17.3 Å². The number of halogens is 3. The summed E-state index contributed by atoms with van der Waals surface area (Å²) in [6.45, 7) is 3.98. The number of rotatable bonds is 7. The molecule has 0 atom stereocenters. The summed E-state index contributed by atoms with van der Waals surface area (Å²) in [6.07, 6.45) is -2.34. The Morgan fingerprint density at radius 1 is 1.00 bits per heavy atom. The predicted molar refractivity (Wildman–Crippen MR) is 182 cm³/mol. The molecule has 2 aromatic carbocycles. The van der Waals surface area contributed by atoms with E-state index in [1.54, 1.807) is 29.7 Å². The fourth-order valence-electron chi connectivity index (χ4n) is 7.05. The lowest BCUT2D eigenvalue weighted by Gasteiger charge is -2.36. The number of aromatic hydroxyl groups is 1. The number of ether oxygens (including phenoxy) is 2. The van der Waals surface area contributed by atoms with Crippen LogP contribution in [-0.2, 0) is 36.8 Å². The molecule has 2 N–H and O–H groups in total. The van der Waals surface area contributed by atoms with Gasteiger partial charge in [-0.2, -0.15) is 22.7 Å². The highest BCUT2D eigenvalue weighted by Crippen LogP contribution is 2.41.